The fourth-order valence-corrected chi connectivity index (χ4v) is 0. The van der Waals surface area contributed by atoms with Gasteiger partial charge >= 0.3 is 43.9 Å². The fourth-order valence-electron chi connectivity index (χ4n) is 0. The molecule has 0 bridgehead atoms. The van der Waals surface area contributed by atoms with E-state index in [1.165, 1.54) is 0 Å². The predicted molar refractivity (Wildman–Crippen MR) is 21.3 cm³/mol. The molecule has 0 aromatic carbocycles. The van der Waals surface area contributed by atoms with Crippen LogP contribution in [0.1, 0.15) is 2.85 Å². The molecule has 0 saturated carbocycles. The minimum Gasteiger partial charge on any atom is -1.00 e. The Kier molecular flexibility index (Phi) is 8.88. The van der Waals surface area contributed by atoms with Gasteiger partial charge in [-0.25, -0.2) is 4.79 Å². The van der Waals surface area contributed by atoms with Crippen molar-refractivity contribution in [3.05, 3.63) is 0 Å². The minimum absolute atomic E-state index is 0. The van der Waals surface area contributed by atoms with Gasteiger partial charge in [0.15, 0.2) is 0 Å². The van der Waals surface area contributed by atoms with Crippen molar-refractivity contribution in [2.45, 2.75) is 0 Å². The number of rotatable bonds is 0. The topological polar surface area (TPSA) is 72.5 Å². The predicted octanol–water partition coefficient (Wildman–Crippen LogP) is -0.601. The Morgan fingerprint density at radius 1 is 2.00 bits per heavy atom. The van der Waals surface area contributed by atoms with Gasteiger partial charge in [-0.1, -0.05) is 0 Å². The summed E-state index contributed by atoms with van der Waals surface area (Å²) in [6.07, 6.45) is -1.47. The summed E-state index contributed by atoms with van der Waals surface area (Å²) in [4.78, 5) is 12.2. The third-order valence-corrected chi connectivity index (χ3v) is 0.101. The van der Waals surface area contributed by atoms with Crippen molar-refractivity contribution in [3.8, 4) is 0 Å². The monoisotopic (exact) mass is 119 g/mol. The zero-order chi connectivity index (χ0) is 4.28. The SMILES string of the molecule is NOC(=O)O.[Ca+2].[H-].[H-]. The van der Waals surface area contributed by atoms with E-state index in [-0.39, 0.29) is 40.6 Å². The zero-order valence-corrected chi connectivity index (χ0v) is 5.26. The van der Waals surface area contributed by atoms with E-state index in [9.17, 15) is 0 Å². The molecule has 0 atom stereocenters. The molecule has 0 unspecified atom stereocenters. The van der Waals surface area contributed by atoms with Gasteiger partial charge in [0, 0.05) is 0 Å². The molecule has 0 heterocycles. The van der Waals surface area contributed by atoms with Crippen molar-refractivity contribution >= 4 is 43.9 Å². The largest absolute Gasteiger partial charge is 2.00 e. The molecule has 0 spiro atoms. The van der Waals surface area contributed by atoms with E-state index < -0.39 is 6.16 Å². The average Bonchev–Trinajstić information content (AvgIpc) is 1.38. The summed E-state index contributed by atoms with van der Waals surface area (Å²) in [7, 11) is 0. The molecule has 0 aromatic rings. The van der Waals surface area contributed by atoms with Crippen LogP contribution in [0.25, 0.3) is 0 Å². The molecule has 0 radical (unpaired) electrons. The first kappa shape index (κ1) is 9.70. The normalized spacial score (nSPS) is 5.50. The van der Waals surface area contributed by atoms with Gasteiger partial charge in [-0.2, -0.15) is 5.90 Å². The smallest absolute Gasteiger partial charge is 1.00 e. The van der Waals surface area contributed by atoms with E-state index in [4.69, 9.17) is 9.90 Å². The summed E-state index contributed by atoms with van der Waals surface area (Å²) in [5.41, 5.74) is 0. The fraction of sp³-hybridized carbons (Fsp3) is 0. The molecule has 4 nitrogen and oxygen atoms in total. The molecule has 0 saturated heterocycles. The molecule has 0 amide bonds. The van der Waals surface area contributed by atoms with Crippen molar-refractivity contribution in [1.29, 1.82) is 0 Å². The molecule has 3 N–H and O–H groups in total. The molecule has 0 aliphatic heterocycles. The molecule has 0 aliphatic rings. The Balaban J connectivity index is -0.0000000267. The average molecular weight is 119 g/mol. The Labute approximate surface area is 67.2 Å². The Hall–Kier alpha value is 0.490. The summed E-state index contributed by atoms with van der Waals surface area (Å²) >= 11 is 0. The summed E-state index contributed by atoms with van der Waals surface area (Å²) in [6, 6.07) is 0. The van der Waals surface area contributed by atoms with Crippen molar-refractivity contribution < 1.29 is 17.6 Å². The van der Waals surface area contributed by atoms with Crippen LogP contribution < -0.4 is 5.90 Å². The zero-order valence-electron chi connectivity index (χ0n) is 5.05. The van der Waals surface area contributed by atoms with Crippen LogP contribution in [-0.4, -0.2) is 49.0 Å². The molecular formula is CH5CaNO3. The Morgan fingerprint density at radius 3 is 2.17 bits per heavy atom. The van der Waals surface area contributed by atoms with Crippen LogP contribution in [0.5, 0.6) is 0 Å². The number of hydrogen-bond donors (Lipinski definition) is 2. The maximum Gasteiger partial charge on any atom is 2.00 e. The molecular weight excluding hydrogens is 114 g/mol. The van der Waals surface area contributed by atoms with Crippen LogP contribution in [0.15, 0.2) is 0 Å². The van der Waals surface area contributed by atoms with Gasteiger partial charge < -0.3 is 12.8 Å². The summed E-state index contributed by atoms with van der Waals surface area (Å²) in [5, 5.41) is 7.38. The van der Waals surface area contributed by atoms with E-state index in [0.29, 0.717) is 0 Å². The van der Waals surface area contributed by atoms with Crippen molar-refractivity contribution in [3.63, 3.8) is 0 Å². The quantitative estimate of drug-likeness (QED) is 0.330. The van der Waals surface area contributed by atoms with Crippen LogP contribution in [0.4, 0.5) is 4.79 Å². The van der Waals surface area contributed by atoms with Gasteiger partial charge in [0.1, 0.15) is 0 Å². The molecule has 0 fully saturated rings. The van der Waals surface area contributed by atoms with Gasteiger partial charge in [-0.05, 0) is 0 Å². The second kappa shape index (κ2) is 5.49. The van der Waals surface area contributed by atoms with Crippen molar-refractivity contribution in [1.82, 2.24) is 0 Å². The van der Waals surface area contributed by atoms with Crippen LogP contribution in [-0.2, 0) is 4.84 Å². The van der Waals surface area contributed by atoms with Crippen LogP contribution >= 0.6 is 0 Å². The van der Waals surface area contributed by atoms with Gasteiger partial charge in [0.2, 0.25) is 0 Å². The third-order valence-electron chi connectivity index (χ3n) is 0.101. The number of nitrogens with two attached hydrogens (primary N) is 1. The maximum atomic E-state index is 9.02. The number of carboxylic acid groups (broad SMARTS) is 1. The molecule has 0 aromatic heterocycles. The first-order valence-corrected chi connectivity index (χ1v) is 0.868. The molecule has 6 heavy (non-hydrogen) atoms. The summed E-state index contributed by atoms with van der Waals surface area (Å²) < 4.78 is 0. The third kappa shape index (κ3) is 8.82. The Bertz CT molecular complexity index is 52.5. The van der Waals surface area contributed by atoms with E-state index in [1.54, 1.807) is 0 Å². The van der Waals surface area contributed by atoms with Gasteiger partial charge in [-0.3, -0.25) is 0 Å². The Morgan fingerprint density at radius 2 is 2.17 bits per heavy atom. The van der Waals surface area contributed by atoms with Crippen molar-refractivity contribution in [2.75, 3.05) is 0 Å². The molecule has 0 rings (SSSR count). The maximum absolute atomic E-state index is 9.02. The van der Waals surface area contributed by atoms with Crippen LogP contribution in [0, 0.1) is 0 Å². The van der Waals surface area contributed by atoms with Crippen molar-refractivity contribution in [2.24, 2.45) is 5.90 Å². The molecule has 34 valence electrons. The van der Waals surface area contributed by atoms with E-state index in [1.807, 2.05) is 0 Å². The van der Waals surface area contributed by atoms with E-state index >= 15 is 0 Å². The van der Waals surface area contributed by atoms with Crippen LogP contribution in [0.3, 0.4) is 0 Å². The summed E-state index contributed by atoms with van der Waals surface area (Å²) in [5.74, 6) is 4.07. The molecule has 0 aliphatic carbocycles. The second-order valence-corrected chi connectivity index (χ2v) is 0.384. The van der Waals surface area contributed by atoms with E-state index in [2.05, 4.69) is 10.7 Å². The standard InChI is InChI=1S/CH3NO3.Ca.2H/c2-5-1(3)4;;;/h2H2,(H,3,4);;;/q;+2;2*-1. The van der Waals surface area contributed by atoms with Gasteiger partial charge in [0.25, 0.3) is 0 Å². The molecule has 5 heteroatoms. The van der Waals surface area contributed by atoms with Crippen LogP contribution in [0.2, 0.25) is 0 Å². The summed E-state index contributed by atoms with van der Waals surface area (Å²) in [6.45, 7) is 0. The van der Waals surface area contributed by atoms with Gasteiger partial charge in [-0.15, -0.1) is 0 Å². The first-order valence-electron chi connectivity index (χ1n) is 0.868. The first-order chi connectivity index (χ1) is 2.27. The second-order valence-electron chi connectivity index (χ2n) is 0.384. The number of carbonyl (C=O) groups is 1. The van der Waals surface area contributed by atoms with Gasteiger partial charge in [0.05, 0.1) is 0 Å². The minimum atomic E-state index is -1.47. The van der Waals surface area contributed by atoms with E-state index in [0.717, 1.165) is 0 Å². The number of hydrogen-bond acceptors (Lipinski definition) is 3.